The average molecular weight is 233 g/mol. The fourth-order valence-electron chi connectivity index (χ4n) is 1.17. The van der Waals surface area contributed by atoms with Crippen LogP contribution >= 0.6 is 24.0 Å². The molecule has 1 aromatic rings. The van der Waals surface area contributed by atoms with Crippen molar-refractivity contribution in [3.8, 4) is 0 Å². The van der Waals surface area contributed by atoms with Crippen LogP contribution in [0.5, 0.6) is 0 Å². The monoisotopic (exact) mass is 232 g/mol. The van der Waals surface area contributed by atoms with Crippen molar-refractivity contribution in [3.05, 3.63) is 41.4 Å². The molecule has 0 fully saturated rings. The molecule has 0 saturated heterocycles. The molecule has 0 unspecified atom stereocenters. The van der Waals surface area contributed by atoms with E-state index in [4.69, 9.17) is 23.1 Å². The van der Waals surface area contributed by atoms with Gasteiger partial charge in [-0.05, 0) is 30.2 Å². The van der Waals surface area contributed by atoms with Crippen molar-refractivity contribution < 1.29 is 0 Å². The molecule has 0 spiro atoms. The minimum absolute atomic E-state index is 0. The minimum Gasteiger partial charge on any atom is -0.398 e. The van der Waals surface area contributed by atoms with E-state index in [1.165, 1.54) is 0 Å². The largest absolute Gasteiger partial charge is 0.398 e. The molecule has 0 aliphatic carbocycles. The van der Waals surface area contributed by atoms with Crippen LogP contribution in [0.15, 0.2) is 30.9 Å². The summed E-state index contributed by atoms with van der Waals surface area (Å²) in [5.41, 5.74) is 13.2. The van der Waals surface area contributed by atoms with Crippen molar-refractivity contribution in [3.63, 3.8) is 0 Å². The first-order chi connectivity index (χ1) is 6.15. The van der Waals surface area contributed by atoms with Gasteiger partial charge in [0.25, 0.3) is 0 Å². The van der Waals surface area contributed by atoms with Crippen molar-refractivity contribution in [1.29, 1.82) is 0 Å². The van der Waals surface area contributed by atoms with Gasteiger partial charge in [0, 0.05) is 16.8 Å². The maximum absolute atomic E-state index is 5.87. The Bertz CT molecular complexity index is 313. The maximum atomic E-state index is 5.87. The highest BCUT2D eigenvalue weighted by Crippen LogP contribution is 2.24. The third-order valence-corrected chi connectivity index (χ3v) is 2.10. The SMILES string of the molecule is C=CC[C@H](N)c1cc(Cl)ccc1N.Cl. The molecular formula is C10H14Cl2N2. The van der Waals surface area contributed by atoms with E-state index in [0.717, 1.165) is 5.56 Å². The van der Waals surface area contributed by atoms with Crippen LogP contribution in [-0.4, -0.2) is 0 Å². The number of anilines is 1. The second-order valence-electron chi connectivity index (χ2n) is 2.90. The fraction of sp³-hybridized carbons (Fsp3) is 0.200. The summed E-state index contributed by atoms with van der Waals surface area (Å²) in [5, 5.41) is 0.656. The standard InChI is InChI=1S/C10H13ClN2.ClH/c1-2-3-9(12)8-6-7(11)4-5-10(8)13;/h2,4-6,9H,1,3,12-13H2;1H/t9-;/m0./s1. The van der Waals surface area contributed by atoms with Gasteiger partial charge in [-0.25, -0.2) is 0 Å². The summed E-state index contributed by atoms with van der Waals surface area (Å²) in [6.45, 7) is 3.62. The molecule has 0 aliphatic heterocycles. The molecule has 0 saturated carbocycles. The lowest BCUT2D eigenvalue weighted by Gasteiger charge is -2.12. The molecule has 1 atom stereocenters. The summed E-state index contributed by atoms with van der Waals surface area (Å²) in [6.07, 6.45) is 2.47. The van der Waals surface area contributed by atoms with E-state index in [1.54, 1.807) is 24.3 Å². The molecule has 4 heteroatoms. The number of benzene rings is 1. The van der Waals surface area contributed by atoms with E-state index >= 15 is 0 Å². The van der Waals surface area contributed by atoms with Crippen LogP contribution in [0, 0.1) is 0 Å². The van der Waals surface area contributed by atoms with Gasteiger partial charge >= 0.3 is 0 Å². The van der Waals surface area contributed by atoms with E-state index in [0.29, 0.717) is 17.1 Å². The molecule has 0 amide bonds. The summed E-state index contributed by atoms with van der Waals surface area (Å²) in [5.74, 6) is 0. The predicted molar refractivity (Wildman–Crippen MR) is 64.9 cm³/mol. The highest BCUT2D eigenvalue weighted by atomic mass is 35.5. The molecule has 4 N–H and O–H groups in total. The van der Waals surface area contributed by atoms with Crippen molar-refractivity contribution in [2.24, 2.45) is 5.73 Å². The van der Waals surface area contributed by atoms with E-state index in [-0.39, 0.29) is 18.4 Å². The van der Waals surface area contributed by atoms with Crippen LogP contribution in [0.3, 0.4) is 0 Å². The van der Waals surface area contributed by atoms with Gasteiger partial charge in [0.15, 0.2) is 0 Å². The first-order valence-corrected chi connectivity index (χ1v) is 4.44. The third kappa shape index (κ3) is 3.22. The Morgan fingerprint density at radius 3 is 2.71 bits per heavy atom. The lowest BCUT2D eigenvalue weighted by molar-refractivity contribution is 0.744. The highest BCUT2D eigenvalue weighted by molar-refractivity contribution is 6.30. The van der Waals surface area contributed by atoms with Crippen LogP contribution in [0.2, 0.25) is 5.02 Å². The lowest BCUT2D eigenvalue weighted by Crippen LogP contribution is -2.11. The van der Waals surface area contributed by atoms with E-state index < -0.39 is 0 Å². The topological polar surface area (TPSA) is 52.0 Å². The summed E-state index contributed by atoms with van der Waals surface area (Å²) >= 11 is 5.82. The molecule has 0 heterocycles. The minimum atomic E-state index is -0.115. The number of nitrogens with two attached hydrogens (primary N) is 2. The van der Waals surface area contributed by atoms with Gasteiger partial charge < -0.3 is 11.5 Å². The molecule has 0 bridgehead atoms. The average Bonchev–Trinajstić information content (AvgIpc) is 2.09. The molecule has 0 radical (unpaired) electrons. The van der Waals surface area contributed by atoms with E-state index in [2.05, 4.69) is 6.58 Å². The van der Waals surface area contributed by atoms with Crippen LogP contribution in [0.25, 0.3) is 0 Å². The van der Waals surface area contributed by atoms with Crippen molar-refractivity contribution >= 4 is 29.7 Å². The summed E-state index contributed by atoms with van der Waals surface area (Å²) in [6, 6.07) is 5.20. The molecule has 78 valence electrons. The van der Waals surface area contributed by atoms with Crippen LogP contribution < -0.4 is 11.5 Å². The Morgan fingerprint density at radius 2 is 2.14 bits per heavy atom. The Kier molecular flexibility index (Phi) is 5.62. The third-order valence-electron chi connectivity index (χ3n) is 1.87. The number of hydrogen-bond donors (Lipinski definition) is 2. The predicted octanol–water partition coefficient (Wildman–Crippen LogP) is 2.92. The first-order valence-electron chi connectivity index (χ1n) is 4.06. The zero-order valence-corrected chi connectivity index (χ0v) is 9.31. The van der Waals surface area contributed by atoms with Gasteiger partial charge in [-0.1, -0.05) is 17.7 Å². The highest BCUT2D eigenvalue weighted by Gasteiger charge is 2.07. The molecule has 1 rings (SSSR count). The zero-order valence-electron chi connectivity index (χ0n) is 7.74. The normalized spacial score (nSPS) is 11.6. The fourth-order valence-corrected chi connectivity index (χ4v) is 1.35. The summed E-state index contributed by atoms with van der Waals surface area (Å²) in [7, 11) is 0. The van der Waals surface area contributed by atoms with Crippen molar-refractivity contribution in [2.45, 2.75) is 12.5 Å². The van der Waals surface area contributed by atoms with Gasteiger partial charge in [-0.2, -0.15) is 0 Å². The Morgan fingerprint density at radius 1 is 1.50 bits per heavy atom. The quantitative estimate of drug-likeness (QED) is 0.622. The van der Waals surface area contributed by atoms with Gasteiger partial charge in [-0.3, -0.25) is 0 Å². The van der Waals surface area contributed by atoms with Crippen LogP contribution in [0.4, 0.5) is 5.69 Å². The van der Waals surface area contributed by atoms with Gasteiger partial charge in [0.05, 0.1) is 0 Å². The van der Waals surface area contributed by atoms with Gasteiger partial charge in [0.1, 0.15) is 0 Å². The molecular weight excluding hydrogens is 219 g/mol. The Hall–Kier alpha value is -0.700. The maximum Gasteiger partial charge on any atom is 0.0410 e. The Balaban J connectivity index is 0.00000169. The van der Waals surface area contributed by atoms with E-state index in [9.17, 15) is 0 Å². The first kappa shape index (κ1) is 13.3. The second kappa shape index (κ2) is 5.91. The summed E-state index contributed by atoms with van der Waals surface area (Å²) in [4.78, 5) is 0. The molecule has 1 aromatic carbocycles. The van der Waals surface area contributed by atoms with Crippen LogP contribution in [0.1, 0.15) is 18.0 Å². The van der Waals surface area contributed by atoms with Crippen molar-refractivity contribution in [2.75, 3.05) is 5.73 Å². The number of nitrogen functional groups attached to an aromatic ring is 1. The molecule has 2 nitrogen and oxygen atoms in total. The number of hydrogen-bond acceptors (Lipinski definition) is 2. The second-order valence-corrected chi connectivity index (χ2v) is 3.34. The molecule has 14 heavy (non-hydrogen) atoms. The Labute approximate surface area is 95.3 Å². The lowest BCUT2D eigenvalue weighted by atomic mass is 10.0. The van der Waals surface area contributed by atoms with Crippen molar-refractivity contribution in [1.82, 2.24) is 0 Å². The van der Waals surface area contributed by atoms with Gasteiger partial charge in [-0.15, -0.1) is 19.0 Å². The van der Waals surface area contributed by atoms with Crippen LogP contribution in [-0.2, 0) is 0 Å². The zero-order chi connectivity index (χ0) is 9.84. The van der Waals surface area contributed by atoms with Gasteiger partial charge in [0.2, 0.25) is 0 Å². The van der Waals surface area contributed by atoms with E-state index in [1.807, 2.05) is 0 Å². The molecule has 0 aromatic heterocycles. The summed E-state index contributed by atoms with van der Waals surface area (Å²) < 4.78 is 0. The smallest absolute Gasteiger partial charge is 0.0410 e. The molecule has 0 aliphatic rings. The number of rotatable bonds is 3. The number of halogens is 2.